The highest BCUT2D eigenvalue weighted by molar-refractivity contribution is 7.80. The van der Waals surface area contributed by atoms with Crippen LogP contribution in [0.4, 0.5) is 0 Å². The molecule has 1 atom stereocenters. The van der Waals surface area contributed by atoms with Crippen molar-refractivity contribution in [3.63, 3.8) is 0 Å². The van der Waals surface area contributed by atoms with Crippen LogP contribution in [0.3, 0.4) is 0 Å². The van der Waals surface area contributed by atoms with Crippen LogP contribution in [0.5, 0.6) is 5.75 Å². The van der Waals surface area contributed by atoms with Crippen LogP contribution in [0, 0.1) is 12.8 Å². The fourth-order valence-electron chi connectivity index (χ4n) is 1.80. The van der Waals surface area contributed by atoms with Gasteiger partial charge in [-0.15, -0.1) is 0 Å². The molecule has 1 unspecified atom stereocenters. The Labute approximate surface area is 119 Å². The summed E-state index contributed by atoms with van der Waals surface area (Å²) in [7, 11) is 0. The highest BCUT2D eigenvalue weighted by Gasteiger charge is 2.20. The second-order valence-corrected chi connectivity index (χ2v) is 5.07. The highest BCUT2D eigenvalue weighted by atomic mass is 32.1. The number of carbonyl (C=O) groups is 1. The third-order valence-electron chi connectivity index (χ3n) is 3.18. The number of benzene rings is 1. The zero-order valence-electron chi connectivity index (χ0n) is 11.5. The van der Waals surface area contributed by atoms with Crippen molar-refractivity contribution < 1.29 is 9.90 Å². The van der Waals surface area contributed by atoms with Gasteiger partial charge in [0.15, 0.2) is 0 Å². The molecule has 4 nitrogen and oxygen atoms in total. The van der Waals surface area contributed by atoms with Gasteiger partial charge in [-0.25, -0.2) is 0 Å². The predicted octanol–water partition coefficient (Wildman–Crippen LogP) is 2.08. The molecule has 1 aromatic rings. The number of hydrogen-bond donors (Lipinski definition) is 2. The highest BCUT2D eigenvalue weighted by Crippen LogP contribution is 2.21. The monoisotopic (exact) mass is 280 g/mol. The third kappa shape index (κ3) is 3.67. The van der Waals surface area contributed by atoms with Gasteiger partial charge in [-0.05, 0) is 26.0 Å². The molecule has 1 amide bonds. The Morgan fingerprint density at radius 1 is 1.53 bits per heavy atom. The summed E-state index contributed by atoms with van der Waals surface area (Å²) in [6.45, 7) is 6.59. The van der Waals surface area contributed by atoms with E-state index in [1.54, 1.807) is 30.0 Å². The summed E-state index contributed by atoms with van der Waals surface area (Å²) in [6, 6.07) is 4.95. The summed E-state index contributed by atoms with van der Waals surface area (Å²) in [5.41, 5.74) is 6.69. The minimum absolute atomic E-state index is 0.0310. The summed E-state index contributed by atoms with van der Waals surface area (Å²) < 4.78 is 0. The molecule has 0 aliphatic heterocycles. The molecule has 0 radical (unpaired) electrons. The van der Waals surface area contributed by atoms with Gasteiger partial charge in [-0.3, -0.25) is 4.79 Å². The molecule has 0 saturated heterocycles. The molecule has 5 heteroatoms. The zero-order chi connectivity index (χ0) is 14.6. The van der Waals surface area contributed by atoms with Crippen LogP contribution < -0.4 is 5.73 Å². The van der Waals surface area contributed by atoms with E-state index in [1.807, 2.05) is 13.8 Å². The van der Waals surface area contributed by atoms with Gasteiger partial charge in [0.1, 0.15) is 5.75 Å². The lowest BCUT2D eigenvalue weighted by atomic mass is 10.1. The van der Waals surface area contributed by atoms with Gasteiger partial charge in [-0.2, -0.15) is 0 Å². The number of carbonyl (C=O) groups excluding carboxylic acids is 1. The van der Waals surface area contributed by atoms with E-state index in [9.17, 15) is 9.90 Å². The molecule has 19 heavy (non-hydrogen) atoms. The predicted molar refractivity (Wildman–Crippen MR) is 80.4 cm³/mol. The first kappa shape index (κ1) is 15.4. The maximum absolute atomic E-state index is 12.4. The second-order valence-electron chi connectivity index (χ2n) is 4.60. The molecule has 0 aliphatic rings. The van der Waals surface area contributed by atoms with Gasteiger partial charge in [0, 0.05) is 30.1 Å². The molecular formula is C14H20N2O2S. The van der Waals surface area contributed by atoms with Crippen molar-refractivity contribution >= 4 is 23.1 Å². The van der Waals surface area contributed by atoms with E-state index in [0.29, 0.717) is 29.2 Å². The van der Waals surface area contributed by atoms with Gasteiger partial charge in [-0.1, -0.05) is 25.2 Å². The van der Waals surface area contributed by atoms with Gasteiger partial charge < -0.3 is 15.7 Å². The Kier molecular flexibility index (Phi) is 5.30. The molecule has 0 aromatic heterocycles. The maximum Gasteiger partial charge on any atom is 0.254 e. The van der Waals surface area contributed by atoms with Crippen LogP contribution in [-0.4, -0.2) is 34.0 Å². The quantitative estimate of drug-likeness (QED) is 0.810. The van der Waals surface area contributed by atoms with Crippen molar-refractivity contribution in [2.75, 3.05) is 13.1 Å². The van der Waals surface area contributed by atoms with E-state index in [-0.39, 0.29) is 17.6 Å². The van der Waals surface area contributed by atoms with E-state index in [0.717, 1.165) is 0 Å². The third-order valence-corrected chi connectivity index (χ3v) is 3.59. The number of phenolic OH excluding ortho intramolecular Hbond substituents is 1. The first-order chi connectivity index (χ1) is 8.88. The molecule has 104 valence electrons. The number of phenols is 1. The van der Waals surface area contributed by atoms with E-state index >= 15 is 0 Å². The molecule has 0 bridgehead atoms. The number of thiocarbonyl (C=S) groups is 1. The van der Waals surface area contributed by atoms with E-state index in [4.69, 9.17) is 18.0 Å². The Balaban J connectivity index is 2.96. The number of hydrogen-bond acceptors (Lipinski definition) is 3. The van der Waals surface area contributed by atoms with Crippen molar-refractivity contribution in [2.45, 2.75) is 20.8 Å². The summed E-state index contributed by atoms with van der Waals surface area (Å²) in [6.07, 6.45) is 0. The topological polar surface area (TPSA) is 66.6 Å². The average molecular weight is 280 g/mol. The second kappa shape index (κ2) is 6.52. The van der Waals surface area contributed by atoms with Crippen molar-refractivity contribution in [3.8, 4) is 5.75 Å². The smallest absolute Gasteiger partial charge is 0.254 e. The van der Waals surface area contributed by atoms with E-state index in [1.165, 1.54) is 0 Å². The van der Waals surface area contributed by atoms with Gasteiger partial charge >= 0.3 is 0 Å². The lowest BCUT2D eigenvalue weighted by Gasteiger charge is -2.25. The lowest BCUT2D eigenvalue weighted by Crippen LogP contribution is -2.38. The Hall–Kier alpha value is -1.62. The largest absolute Gasteiger partial charge is 0.508 e. The average Bonchev–Trinajstić information content (AvgIpc) is 2.38. The molecular weight excluding hydrogens is 260 g/mol. The van der Waals surface area contributed by atoms with Crippen LogP contribution in [0.25, 0.3) is 0 Å². The van der Waals surface area contributed by atoms with Crippen molar-refractivity contribution in [2.24, 2.45) is 11.7 Å². The molecule has 0 fully saturated rings. The van der Waals surface area contributed by atoms with Crippen LogP contribution in [-0.2, 0) is 0 Å². The molecule has 0 heterocycles. The summed E-state index contributed by atoms with van der Waals surface area (Å²) in [5, 5.41) is 9.66. The molecule has 1 rings (SSSR count). The lowest BCUT2D eigenvalue weighted by molar-refractivity contribution is 0.0753. The number of nitrogens with two attached hydrogens (primary N) is 1. The van der Waals surface area contributed by atoms with Crippen LogP contribution in [0.2, 0.25) is 0 Å². The van der Waals surface area contributed by atoms with Gasteiger partial charge in [0.05, 0.1) is 4.99 Å². The first-order valence-electron chi connectivity index (χ1n) is 6.25. The van der Waals surface area contributed by atoms with Crippen molar-refractivity contribution in [1.29, 1.82) is 0 Å². The van der Waals surface area contributed by atoms with Gasteiger partial charge in [0.2, 0.25) is 0 Å². The molecule has 1 aromatic carbocycles. The summed E-state index contributed by atoms with van der Waals surface area (Å²) >= 11 is 4.93. The molecule has 0 spiro atoms. The maximum atomic E-state index is 12.4. The van der Waals surface area contributed by atoms with E-state index < -0.39 is 0 Å². The molecule has 3 N–H and O–H groups in total. The minimum Gasteiger partial charge on any atom is -0.508 e. The fraction of sp³-hybridized carbons (Fsp3) is 0.429. The summed E-state index contributed by atoms with van der Waals surface area (Å²) in [5.74, 6) is -0.0141. The normalized spacial score (nSPS) is 11.9. The summed E-state index contributed by atoms with van der Waals surface area (Å²) in [4.78, 5) is 14.5. The van der Waals surface area contributed by atoms with Crippen molar-refractivity contribution in [3.05, 3.63) is 29.3 Å². The minimum atomic E-state index is -0.112. The number of aromatic hydroxyl groups is 1. The zero-order valence-corrected chi connectivity index (χ0v) is 12.3. The van der Waals surface area contributed by atoms with Crippen molar-refractivity contribution in [1.82, 2.24) is 4.90 Å². The number of nitrogens with zero attached hydrogens (tertiary/aromatic N) is 1. The standard InChI is InChI=1S/C14H20N2O2S/c1-4-16(8-9(2)13(15)19)14(18)11-6-5-7-12(17)10(11)3/h5-7,9,17H,4,8H2,1-3H3,(H2,15,19). The number of amides is 1. The molecule has 0 aliphatic carbocycles. The SMILES string of the molecule is CCN(CC(C)C(N)=S)C(=O)c1cccc(O)c1C. The van der Waals surface area contributed by atoms with Crippen LogP contribution >= 0.6 is 12.2 Å². The molecule has 0 saturated carbocycles. The van der Waals surface area contributed by atoms with E-state index in [2.05, 4.69) is 0 Å². The Morgan fingerprint density at radius 2 is 2.16 bits per heavy atom. The van der Waals surface area contributed by atoms with Gasteiger partial charge in [0.25, 0.3) is 5.91 Å². The van der Waals surface area contributed by atoms with Crippen LogP contribution in [0.1, 0.15) is 29.8 Å². The number of rotatable bonds is 5. The first-order valence-corrected chi connectivity index (χ1v) is 6.66. The Bertz CT molecular complexity index is 488. The Morgan fingerprint density at radius 3 is 2.68 bits per heavy atom. The van der Waals surface area contributed by atoms with Crippen LogP contribution in [0.15, 0.2) is 18.2 Å². The fourth-order valence-corrected chi connectivity index (χ4v) is 1.88.